The monoisotopic (exact) mass is 448 g/mol. The summed E-state index contributed by atoms with van der Waals surface area (Å²) in [6.07, 6.45) is 0.201. The molecule has 0 spiro atoms. The molecule has 10 heteroatoms. The molecule has 1 fully saturated rings. The Hall–Kier alpha value is -3.30. The molecule has 1 aliphatic rings. The number of benzene rings is 1. The Kier molecular flexibility index (Phi) is 8.86. The highest BCUT2D eigenvalue weighted by Crippen LogP contribution is 2.15. The van der Waals surface area contributed by atoms with E-state index in [4.69, 9.17) is 9.47 Å². The van der Waals surface area contributed by atoms with Crippen LogP contribution in [0.15, 0.2) is 24.3 Å². The van der Waals surface area contributed by atoms with Crippen LogP contribution in [0.3, 0.4) is 0 Å². The van der Waals surface area contributed by atoms with Crippen molar-refractivity contribution < 1.29 is 28.7 Å². The lowest BCUT2D eigenvalue weighted by molar-refractivity contribution is -0.147. The van der Waals surface area contributed by atoms with Gasteiger partial charge in [0.1, 0.15) is 17.8 Å². The van der Waals surface area contributed by atoms with E-state index in [2.05, 4.69) is 10.6 Å². The van der Waals surface area contributed by atoms with E-state index in [0.29, 0.717) is 12.3 Å². The topological polar surface area (TPSA) is 117 Å². The minimum Gasteiger partial charge on any atom is -0.497 e. The number of rotatable bonds is 7. The van der Waals surface area contributed by atoms with Crippen LogP contribution in [0.1, 0.15) is 26.3 Å². The van der Waals surface area contributed by atoms with E-state index < -0.39 is 24.0 Å². The number of urea groups is 1. The highest BCUT2D eigenvalue weighted by molar-refractivity contribution is 5.91. The SMILES string of the molecule is COC(=O)[C@H](Cc1ccc(OC)cc1)NC(=O)[C@@H]1CN(C(=O)NC(C)C)CCN1C(C)=O. The highest BCUT2D eigenvalue weighted by Gasteiger charge is 2.37. The van der Waals surface area contributed by atoms with Gasteiger partial charge in [-0.1, -0.05) is 12.1 Å². The third-order valence-corrected chi connectivity index (χ3v) is 5.19. The smallest absolute Gasteiger partial charge is 0.328 e. The van der Waals surface area contributed by atoms with Gasteiger partial charge in [-0.05, 0) is 31.5 Å². The molecule has 1 saturated heterocycles. The van der Waals surface area contributed by atoms with E-state index in [0.717, 1.165) is 5.56 Å². The van der Waals surface area contributed by atoms with Crippen LogP contribution in [0.25, 0.3) is 0 Å². The number of piperazine rings is 1. The van der Waals surface area contributed by atoms with Crippen molar-refractivity contribution in [2.45, 2.75) is 45.3 Å². The maximum atomic E-state index is 13.1. The molecular weight excluding hydrogens is 416 g/mol. The Balaban J connectivity index is 2.16. The second-order valence-electron chi connectivity index (χ2n) is 7.91. The number of carbonyl (C=O) groups excluding carboxylic acids is 4. The average molecular weight is 449 g/mol. The van der Waals surface area contributed by atoms with Crippen LogP contribution in [0.5, 0.6) is 5.75 Å². The average Bonchev–Trinajstić information content (AvgIpc) is 2.77. The Labute approximate surface area is 188 Å². The molecule has 32 heavy (non-hydrogen) atoms. The first-order chi connectivity index (χ1) is 15.2. The van der Waals surface area contributed by atoms with Crippen molar-refractivity contribution in [1.29, 1.82) is 0 Å². The standard InChI is InChI=1S/C22H32N4O6/c1-14(2)23-22(30)25-10-11-26(15(3)27)19(13-25)20(28)24-18(21(29)32-5)12-16-6-8-17(31-4)9-7-16/h6-9,14,18-19H,10-13H2,1-5H3,(H,23,30)(H,24,28)/t18-,19-/m0/s1. The fraction of sp³-hybridized carbons (Fsp3) is 0.545. The number of hydrogen-bond acceptors (Lipinski definition) is 6. The van der Waals surface area contributed by atoms with Gasteiger partial charge in [0.15, 0.2) is 0 Å². The molecule has 2 atom stereocenters. The van der Waals surface area contributed by atoms with Gasteiger partial charge in [0, 0.05) is 32.5 Å². The molecule has 1 aromatic carbocycles. The molecule has 1 aliphatic heterocycles. The molecule has 2 rings (SSSR count). The second-order valence-corrected chi connectivity index (χ2v) is 7.91. The lowest BCUT2D eigenvalue weighted by Gasteiger charge is -2.40. The van der Waals surface area contributed by atoms with Gasteiger partial charge in [-0.25, -0.2) is 9.59 Å². The summed E-state index contributed by atoms with van der Waals surface area (Å²) in [5, 5.41) is 5.50. The van der Waals surface area contributed by atoms with E-state index in [1.807, 2.05) is 13.8 Å². The number of hydrogen-bond donors (Lipinski definition) is 2. The van der Waals surface area contributed by atoms with Crippen molar-refractivity contribution in [3.8, 4) is 5.75 Å². The van der Waals surface area contributed by atoms with Crippen LogP contribution in [-0.4, -0.2) is 85.6 Å². The Morgan fingerprint density at radius 3 is 2.25 bits per heavy atom. The summed E-state index contributed by atoms with van der Waals surface area (Å²) in [4.78, 5) is 52.9. The molecule has 0 bridgehead atoms. The summed E-state index contributed by atoms with van der Waals surface area (Å²) >= 11 is 0. The lowest BCUT2D eigenvalue weighted by atomic mass is 10.0. The van der Waals surface area contributed by atoms with E-state index in [1.165, 1.54) is 23.8 Å². The zero-order chi connectivity index (χ0) is 23.8. The van der Waals surface area contributed by atoms with E-state index in [-0.39, 0.29) is 37.5 Å². The molecule has 4 amide bonds. The van der Waals surface area contributed by atoms with Crippen molar-refractivity contribution in [3.63, 3.8) is 0 Å². The van der Waals surface area contributed by atoms with Crippen molar-refractivity contribution in [3.05, 3.63) is 29.8 Å². The summed E-state index contributed by atoms with van der Waals surface area (Å²) in [7, 11) is 2.80. The summed E-state index contributed by atoms with van der Waals surface area (Å²) in [6, 6.07) is 4.88. The Bertz CT molecular complexity index is 826. The van der Waals surface area contributed by atoms with Crippen LogP contribution in [0.4, 0.5) is 4.79 Å². The third kappa shape index (κ3) is 6.60. The summed E-state index contributed by atoms with van der Waals surface area (Å²) < 4.78 is 10.00. The van der Waals surface area contributed by atoms with Crippen LogP contribution >= 0.6 is 0 Å². The van der Waals surface area contributed by atoms with Gasteiger partial charge in [-0.3, -0.25) is 9.59 Å². The molecule has 0 aromatic heterocycles. The summed E-state index contributed by atoms with van der Waals surface area (Å²) in [6.45, 7) is 5.62. The summed E-state index contributed by atoms with van der Waals surface area (Å²) in [5.41, 5.74) is 0.798. The molecule has 1 heterocycles. The maximum absolute atomic E-state index is 13.1. The predicted octanol–water partition coefficient (Wildman–Crippen LogP) is 0.546. The molecular formula is C22H32N4O6. The van der Waals surface area contributed by atoms with Gasteiger partial charge in [-0.2, -0.15) is 0 Å². The molecule has 0 saturated carbocycles. The normalized spacial score (nSPS) is 16.9. The highest BCUT2D eigenvalue weighted by atomic mass is 16.5. The van der Waals surface area contributed by atoms with Gasteiger partial charge >= 0.3 is 12.0 Å². The van der Waals surface area contributed by atoms with E-state index in [9.17, 15) is 19.2 Å². The van der Waals surface area contributed by atoms with Crippen molar-refractivity contribution >= 4 is 23.8 Å². The predicted molar refractivity (Wildman–Crippen MR) is 117 cm³/mol. The van der Waals surface area contributed by atoms with Gasteiger partial charge in [0.25, 0.3) is 0 Å². The molecule has 2 N–H and O–H groups in total. The molecule has 0 aliphatic carbocycles. The number of methoxy groups -OCH3 is 2. The van der Waals surface area contributed by atoms with Crippen LogP contribution in [0, 0.1) is 0 Å². The van der Waals surface area contributed by atoms with E-state index >= 15 is 0 Å². The van der Waals surface area contributed by atoms with Crippen molar-refractivity contribution in [2.75, 3.05) is 33.9 Å². The molecule has 1 aromatic rings. The fourth-order valence-corrected chi connectivity index (χ4v) is 3.51. The third-order valence-electron chi connectivity index (χ3n) is 5.19. The number of ether oxygens (including phenoxy) is 2. The van der Waals surface area contributed by atoms with Crippen LogP contribution in [-0.2, 0) is 25.5 Å². The maximum Gasteiger partial charge on any atom is 0.328 e. The lowest BCUT2D eigenvalue weighted by Crippen LogP contribution is -2.63. The molecule has 0 unspecified atom stereocenters. The van der Waals surface area contributed by atoms with Gasteiger partial charge in [-0.15, -0.1) is 0 Å². The largest absolute Gasteiger partial charge is 0.497 e. The molecule has 10 nitrogen and oxygen atoms in total. The number of carbonyl (C=O) groups is 4. The fourth-order valence-electron chi connectivity index (χ4n) is 3.51. The van der Waals surface area contributed by atoms with Gasteiger partial charge in [0.2, 0.25) is 11.8 Å². The molecule has 176 valence electrons. The number of esters is 1. The first-order valence-electron chi connectivity index (χ1n) is 10.5. The number of amides is 4. The Morgan fingerprint density at radius 1 is 1.06 bits per heavy atom. The number of nitrogens with zero attached hydrogens (tertiary/aromatic N) is 2. The minimum atomic E-state index is -0.949. The first kappa shape index (κ1) is 25.0. The zero-order valence-corrected chi connectivity index (χ0v) is 19.2. The zero-order valence-electron chi connectivity index (χ0n) is 19.2. The first-order valence-corrected chi connectivity index (χ1v) is 10.5. The van der Waals surface area contributed by atoms with E-state index in [1.54, 1.807) is 31.4 Å². The minimum absolute atomic E-state index is 0.0282. The Morgan fingerprint density at radius 2 is 1.72 bits per heavy atom. The van der Waals surface area contributed by atoms with Gasteiger partial charge in [0.05, 0.1) is 20.8 Å². The van der Waals surface area contributed by atoms with Crippen molar-refractivity contribution in [2.24, 2.45) is 0 Å². The quantitative estimate of drug-likeness (QED) is 0.588. The van der Waals surface area contributed by atoms with Crippen LogP contribution < -0.4 is 15.4 Å². The van der Waals surface area contributed by atoms with Gasteiger partial charge < -0.3 is 29.9 Å². The summed E-state index contributed by atoms with van der Waals surface area (Å²) in [5.74, 6) is -0.731. The van der Waals surface area contributed by atoms with Crippen molar-refractivity contribution in [1.82, 2.24) is 20.4 Å². The van der Waals surface area contributed by atoms with Crippen LogP contribution in [0.2, 0.25) is 0 Å². The number of nitrogens with one attached hydrogen (secondary N) is 2. The second kappa shape index (κ2) is 11.4. The molecule has 0 radical (unpaired) electrons.